The molecule has 0 saturated carbocycles. The first kappa shape index (κ1) is 12.8. The molecule has 0 aliphatic rings. The van der Waals surface area contributed by atoms with Crippen molar-refractivity contribution in [2.24, 2.45) is 7.05 Å². The van der Waals surface area contributed by atoms with Crippen molar-refractivity contribution in [3.05, 3.63) is 34.3 Å². The molecule has 0 fully saturated rings. The van der Waals surface area contributed by atoms with Crippen LogP contribution >= 0.6 is 11.3 Å². The van der Waals surface area contributed by atoms with Gasteiger partial charge in [0.25, 0.3) is 5.91 Å². The molecular formula is C12H16N4OS. The Bertz CT molecular complexity index is 532. The van der Waals surface area contributed by atoms with Crippen LogP contribution in [0.2, 0.25) is 0 Å². The molecule has 0 atom stereocenters. The van der Waals surface area contributed by atoms with Crippen LogP contribution in [0.5, 0.6) is 0 Å². The van der Waals surface area contributed by atoms with Gasteiger partial charge in [0.2, 0.25) is 0 Å². The van der Waals surface area contributed by atoms with Crippen molar-refractivity contribution in [3.8, 4) is 0 Å². The lowest BCUT2D eigenvalue weighted by atomic mass is 10.3. The third-order valence-corrected chi connectivity index (χ3v) is 3.60. The van der Waals surface area contributed by atoms with E-state index < -0.39 is 0 Å². The molecule has 0 saturated heterocycles. The molecule has 0 spiro atoms. The van der Waals surface area contributed by atoms with Crippen LogP contribution in [0, 0.1) is 6.92 Å². The van der Waals surface area contributed by atoms with E-state index in [2.05, 4.69) is 15.3 Å². The molecule has 6 heteroatoms. The van der Waals surface area contributed by atoms with Crippen LogP contribution in [-0.2, 0) is 13.5 Å². The zero-order chi connectivity index (χ0) is 13.0. The summed E-state index contributed by atoms with van der Waals surface area (Å²) in [7, 11) is 1.81. The number of carbonyl (C=O) groups is 1. The van der Waals surface area contributed by atoms with Crippen LogP contribution in [0.15, 0.2) is 17.9 Å². The van der Waals surface area contributed by atoms with Crippen molar-refractivity contribution in [1.29, 1.82) is 0 Å². The Hall–Kier alpha value is -1.69. The van der Waals surface area contributed by atoms with Gasteiger partial charge in [0, 0.05) is 31.1 Å². The van der Waals surface area contributed by atoms with Gasteiger partial charge in [-0.3, -0.25) is 4.79 Å². The summed E-state index contributed by atoms with van der Waals surface area (Å²) in [5.74, 6) is -0.0784. The van der Waals surface area contributed by atoms with Crippen molar-refractivity contribution in [3.63, 3.8) is 0 Å². The number of carbonyl (C=O) groups excluding carboxylic acids is 1. The summed E-state index contributed by atoms with van der Waals surface area (Å²) in [6.07, 6.45) is 4.99. The summed E-state index contributed by atoms with van der Waals surface area (Å²) in [4.78, 5) is 20.1. The number of nitrogens with one attached hydrogen (secondary N) is 1. The Kier molecular flexibility index (Phi) is 4.09. The largest absolute Gasteiger partial charge is 0.351 e. The van der Waals surface area contributed by atoms with Gasteiger partial charge in [-0.1, -0.05) is 0 Å². The van der Waals surface area contributed by atoms with Crippen molar-refractivity contribution in [2.45, 2.75) is 19.8 Å². The minimum absolute atomic E-state index is 0.0784. The van der Waals surface area contributed by atoms with Gasteiger partial charge in [0.05, 0.1) is 17.5 Å². The number of imidazole rings is 1. The van der Waals surface area contributed by atoms with Crippen molar-refractivity contribution in [2.75, 3.05) is 6.54 Å². The summed E-state index contributed by atoms with van der Waals surface area (Å²) >= 11 is 1.67. The lowest BCUT2D eigenvalue weighted by Gasteiger charge is -2.04. The molecule has 1 N–H and O–H groups in total. The molecule has 2 rings (SSSR count). The standard InChI is InChI=1S/C12H16N4OS/c1-9-7-18-11(15-9)4-3-5-14-12(17)10-6-13-8-16(10)2/h6-8H,3-5H2,1-2H3,(H,14,17). The molecule has 2 aromatic heterocycles. The maximum absolute atomic E-state index is 11.8. The number of hydrogen-bond donors (Lipinski definition) is 1. The molecule has 2 aromatic rings. The van der Waals surface area contributed by atoms with E-state index in [1.165, 1.54) is 0 Å². The van der Waals surface area contributed by atoms with Crippen molar-refractivity contribution >= 4 is 17.2 Å². The minimum Gasteiger partial charge on any atom is -0.351 e. The van der Waals surface area contributed by atoms with Crippen LogP contribution in [0.4, 0.5) is 0 Å². The van der Waals surface area contributed by atoms with Crippen LogP contribution in [-0.4, -0.2) is 27.0 Å². The second kappa shape index (κ2) is 5.77. The van der Waals surface area contributed by atoms with E-state index in [4.69, 9.17) is 0 Å². The molecule has 0 bridgehead atoms. The monoisotopic (exact) mass is 264 g/mol. The van der Waals surface area contributed by atoms with Crippen LogP contribution in [0.1, 0.15) is 27.6 Å². The number of rotatable bonds is 5. The van der Waals surface area contributed by atoms with Gasteiger partial charge < -0.3 is 9.88 Å². The number of hydrogen-bond acceptors (Lipinski definition) is 4. The number of aryl methyl sites for hydroxylation is 3. The zero-order valence-electron chi connectivity index (χ0n) is 10.5. The Labute approximate surface area is 110 Å². The lowest BCUT2D eigenvalue weighted by Crippen LogP contribution is -2.26. The fourth-order valence-electron chi connectivity index (χ4n) is 1.63. The van der Waals surface area contributed by atoms with Gasteiger partial charge in [-0.05, 0) is 13.3 Å². The third kappa shape index (κ3) is 3.16. The molecule has 96 valence electrons. The molecule has 2 heterocycles. The Morgan fingerprint density at radius 1 is 1.56 bits per heavy atom. The third-order valence-electron chi connectivity index (χ3n) is 2.57. The van der Waals surface area contributed by atoms with Crippen LogP contribution in [0.3, 0.4) is 0 Å². The molecule has 0 aliphatic carbocycles. The summed E-state index contributed by atoms with van der Waals surface area (Å²) in [5, 5.41) is 6.05. The van der Waals surface area contributed by atoms with Gasteiger partial charge in [-0.15, -0.1) is 11.3 Å². The van der Waals surface area contributed by atoms with E-state index in [-0.39, 0.29) is 5.91 Å². The minimum atomic E-state index is -0.0784. The number of aromatic nitrogens is 3. The van der Waals surface area contributed by atoms with Crippen molar-refractivity contribution in [1.82, 2.24) is 19.9 Å². The smallest absolute Gasteiger partial charge is 0.269 e. The van der Waals surface area contributed by atoms with Gasteiger partial charge in [-0.2, -0.15) is 0 Å². The summed E-state index contributed by atoms with van der Waals surface area (Å²) < 4.78 is 1.71. The maximum atomic E-state index is 11.8. The molecule has 0 aliphatic heterocycles. The van der Waals surface area contributed by atoms with E-state index in [0.717, 1.165) is 23.5 Å². The molecule has 18 heavy (non-hydrogen) atoms. The van der Waals surface area contributed by atoms with Gasteiger partial charge in [0.15, 0.2) is 0 Å². The molecule has 0 aromatic carbocycles. The van der Waals surface area contributed by atoms with Gasteiger partial charge >= 0.3 is 0 Å². The molecular weight excluding hydrogens is 248 g/mol. The fourth-order valence-corrected chi connectivity index (χ4v) is 2.44. The molecule has 1 amide bonds. The number of amides is 1. The maximum Gasteiger partial charge on any atom is 0.269 e. The predicted molar refractivity (Wildman–Crippen MR) is 70.7 cm³/mol. The highest BCUT2D eigenvalue weighted by Crippen LogP contribution is 2.10. The predicted octanol–water partition coefficient (Wildman–Crippen LogP) is 1.55. The van der Waals surface area contributed by atoms with E-state index in [9.17, 15) is 4.79 Å². The van der Waals surface area contributed by atoms with E-state index >= 15 is 0 Å². The van der Waals surface area contributed by atoms with E-state index in [0.29, 0.717) is 12.2 Å². The second-order valence-corrected chi connectivity index (χ2v) is 5.07. The first-order valence-corrected chi connectivity index (χ1v) is 6.70. The van der Waals surface area contributed by atoms with Gasteiger partial charge in [-0.25, -0.2) is 9.97 Å². The molecule has 0 unspecified atom stereocenters. The Morgan fingerprint density at radius 2 is 2.39 bits per heavy atom. The normalized spacial score (nSPS) is 10.6. The summed E-state index contributed by atoms with van der Waals surface area (Å²) in [5.41, 5.74) is 1.65. The SMILES string of the molecule is Cc1csc(CCCNC(=O)c2cncn2C)n1. The first-order valence-electron chi connectivity index (χ1n) is 5.82. The fraction of sp³-hybridized carbons (Fsp3) is 0.417. The highest BCUT2D eigenvalue weighted by Gasteiger charge is 2.08. The second-order valence-electron chi connectivity index (χ2n) is 4.13. The summed E-state index contributed by atoms with van der Waals surface area (Å²) in [6, 6.07) is 0. The molecule has 5 nitrogen and oxygen atoms in total. The van der Waals surface area contributed by atoms with Crippen LogP contribution in [0.25, 0.3) is 0 Å². The van der Waals surface area contributed by atoms with Crippen LogP contribution < -0.4 is 5.32 Å². The topological polar surface area (TPSA) is 59.8 Å². The highest BCUT2D eigenvalue weighted by molar-refractivity contribution is 7.09. The van der Waals surface area contributed by atoms with E-state index in [1.54, 1.807) is 35.5 Å². The average Bonchev–Trinajstić information content (AvgIpc) is 2.93. The van der Waals surface area contributed by atoms with E-state index in [1.807, 2.05) is 12.3 Å². The Balaban J connectivity index is 1.73. The summed E-state index contributed by atoms with van der Waals surface area (Å²) in [6.45, 7) is 2.65. The average molecular weight is 264 g/mol. The zero-order valence-corrected chi connectivity index (χ0v) is 11.3. The Morgan fingerprint density at radius 3 is 3.00 bits per heavy atom. The number of thiazole rings is 1. The quantitative estimate of drug-likeness (QED) is 0.833. The highest BCUT2D eigenvalue weighted by atomic mass is 32.1. The van der Waals surface area contributed by atoms with Crippen molar-refractivity contribution < 1.29 is 4.79 Å². The lowest BCUT2D eigenvalue weighted by molar-refractivity contribution is 0.0945. The molecule has 0 radical (unpaired) electrons. The number of nitrogens with zero attached hydrogens (tertiary/aromatic N) is 3. The first-order chi connectivity index (χ1) is 8.66. The van der Waals surface area contributed by atoms with Gasteiger partial charge in [0.1, 0.15) is 5.69 Å².